The van der Waals surface area contributed by atoms with Crippen molar-refractivity contribution >= 4 is 55.3 Å². The molecule has 0 aliphatic heterocycles. The van der Waals surface area contributed by atoms with Crippen LogP contribution in [-0.4, -0.2) is 54.7 Å². The molecule has 4 rings (SSSR count). The molecule has 0 unspecified atom stereocenters. The number of amides is 1. The van der Waals surface area contributed by atoms with Crippen LogP contribution in [0.2, 0.25) is 5.02 Å². The molecule has 0 saturated heterocycles. The van der Waals surface area contributed by atoms with Gasteiger partial charge in [0, 0.05) is 13.1 Å². The maximum Gasteiger partial charge on any atom is 0.420 e. The first-order chi connectivity index (χ1) is 14.9. The predicted octanol–water partition coefficient (Wildman–Crippen LogP) is 3.46. The number of thiazole rings is 1. The standard InChI is InChI=1S/C21H21ClN4O4S/c1-24(2)10-11-25(20-23-18-16(29-3)9-8-13(22)19(18)31-20)17(27)12-26-14-6-4-5-7-15(14)30-21(26)28/h4-9H,10-12H2,1-3H3. The molecule has 2 aromatic heterocycles. The molecule has 0 N–H and O–H groups in total. The number of hydrogen-bond donors (Lipinski definition) is 0. The second-order valence-corrected chi connectivity index (χ2v) is 8.58. The molecule has 1 amide bonds. The fourth-order valence-corrected chi connectivity index (χ4v) is 4.53. The Labute approximate surface area is 187 Å². The third-order valence-corrected chi connectivity index (χ3v) is 6.38. The molecule has 0 fully saturated rings. The van der Waals surface area contributed by atoms with Crippen molar-refractivity contribution in [3.8, 4) is 5.75 Å². The number of likely N-dealkylation sites (N-methyl/N-ethyl adjacent to an activating group) is 1. The number of oxazole rings is 1. The van der Waals surface area contributed by atoms with Gasteiger partial charge in [0.15, 0.2) is 10.7 Å². The van der Waals surface area contributed by atoms with Crippen LogP contribution in [0.3, 0.4) is 0 Å². The summed E-state index contributed by atoms with van der Waals surface area (Å²) in [6, 6.07) is 10.5. The van der Waals surface area contributed by atoms with Gasteiger partial charge in [-0.05, 0) is 38.4 Å². The zero-order valence-corrected chi connectivity index (χ0v) is 18.9. The van der Waals surface area contributed by atoms with Crippen molar-refractivity contribution in [2.24, 2.45) is 0 Å². The van der Waals surface area contributed by atoms with Gasteiger partial charge in [-0.25, -0.2) is 9.78 Å². The third-order valence-electron chi connectivity index (χ3n) is 4.84. The van der Waals surface area contributed by atoms with E-state index in [2.05, 4.69) is 4.98 Å². The number of anilines is 1. The highest BCUT2D eigenvalue weighted by molar-refractivity contribution is 7.23. The first-order valence-corrected chi connectivity index (χ1v) is 10.7. The summed E-state index contributed by atoms with van der Waals surface area (Å²) in [4.78, 5) is 33.9. The summed E-state index contributed by atoms with van der Waals surface area (Å²) >= 11 is 7.67. The lowest BCUT2D eigenvalue weighted by Gasteiger charge is -2.22. The summed E-state index contributed by atoms with van der Waals surface area (Å²) < 4.78 is 12.7. The highest BCUT2D eigenvalue weighted by Crippen LogP contribution is 2.38. The average Bonchev–Trinajstić information content (AvgIpc) is 3.31. The number of carbonyl (C=O) groups is 1. The minimum Gasteiger partial charge on any atom is -0.494 e. The van der Waals surface area contributed by atoms with Crippen molar-refractivity contribution in [2.45, 2.75) is 6.54 Å². The third kappa shape index (κ3) is 4.16. The molecule has 31 heavy (non-hydrogen) atoms. The van der Waals surface area contributed by atoms with E-state index in [0.29, 0.717) is 45.6 Å². The van der Waals surface area contributed by atoms with Gasteiger partial charge in [-0.2, -0.15) is 0 Å². The SMILES string of the molecule is COc1ccc(Cl)c2sc(N(CCN(C)C)C(=O)Cn3c(=O)oc4ccccc43)nc12. The first-order valence-electron chi connectivity index (χ1n) is 9.55. The molecule has 0 saturated carbocycles. The highest BCUT2D eigenvalue weighted by atomic mass is 35.5. The van der Waals surface area contributed by atoms with Crippen LogP contribution in [0.5, 0.6) is 5.75 Å². The Hall–Kier alpha value is -2.88. The monoisotopic (exact) mass is 460 g/mol. The Kier molecular flexibility index (Phi) is 5.99. The normalized spacial score (nSPS) is 11.5. The summed E-state index contributed by atoms with van der Waals surface area (Å²) in [5.74, 6) is -0.264. The number of nitrogens with zero attached hydrogens (tertiary/aromatic N) is 4. The van der Waals surface area contributed by atoms with E-state index in [1.165, 1.54) is 15.9 Å². The number of para-hydroxylation sites is 2. The Morgan fingerprint density at radius 3 is 2.74 bits per heavy atom. The van der Waals surface area contributed by atoms with E-state index >= 15 is 0 Å². The largest absolute Gasteiger partial charge is 0.494 e. The fourth-order valence-electron chi connectivity index (χ4n) is 3.23. The van der Waals surface area contributed by atoms with Crippen LogP contribution < -0.4 is 15.4 Å². The van der Waals surface area contributed by atoms with Gasteiger partial charge < -0.3 is 14.1 Å². The van der Waals surface area contributed by atoms with E-state index in [-0.39, 0.29) is 12.5 Å². The summed E-state index contributed by atoms with van der Waals surface area (Å²) in [6.07, 6.45) is 0. The van der Waals surface area contributed by atoms with Gasteiger partial charge in [0.05, 0.1) is 22.3 Å². The molecule has 0 aliphatic rings. The Bertz CT molecular complexity index is 1310. The number of aromatic nitrogens is 2. The Balaban J connectivity index is 1.73. The van der Waals surface area contributed by atoms with Crippen molar-refractivity contribution in [1.29, 1.82) is 0 Å². The summed E-state index contributed by atoms with van der Waals surface area (Å²) in [7, 11) is 5.41. The van der Waals surface area contributed by atoms with Crippen molar-refractivity contribution in [2.75, 3.05) is 39.2 Å². The lowest BCUT2D eigenvalue weighted by atomic mass is 10.3. The van der Waals surface area contributed by atoms with Gasteiger partial charge in [0.25, 0.3) is 0 Å². The van der Waals surface area contributed by atoms with E-state index in [1.54, 1.807) is 48.4 Å². The summed E-state index contributed by atoms with van der Waals surface area (Å²) in [6.45, 7) is 0.855. The zero-order chi connectivity index (χ0) is 22.1. The number of benzene rings is 2. The smallest absolute Gasteiger partial charge is 0.420 e. The molecule has 0 spiro atoms. The lowest BCUT2D eigenvalue weighted by Crippen LogP contribution is -2.39. The van der Waals surface area contributed by atoms with Crippen LogP contribution in [-0.2, 0) is 11.3 Å². The number of methoxy groups -OCH3 is 1. The molecular formula is C21H21ClN4O4S. The predicted molar refractivity (Wildman–Crippen MR) is 123 cm³/mol. The first kappa shape index (κ1) is 21.4. The van der Waals surface area contributed by atoms with Gasteiger partial charge in [-0.15, -0.1) is 0 Å². The molecule has 2 heterocycles. The maximum absolute atomic E-state index is 13.3. The number of hydrogen-bond acceptors (Lipinski definition) is 7. The Morgan fingerprint density at radius 2 is 2.00 bits per heavy atom. The molecule has 10 heteroatoms. The van der Waals surface area contributed by atoms with E-state index in [1.807, 2.05) is 19.0 Å². The van der Waals surface area contributed by atoms with Crippen molar-refractivity contribution < 1.29 is 13.9 Å². The Morgan fingerprint density at radius 1 is 1.23 bits per heavy atom. The average molecular weight is 461 g/mol. The molecule has 2 aromatic carbocycles. The molecule has 162 valence electrons. The van der Waals surface area contributed by atoms with Crippen LogP contribution in [0.25, 0.3) is 21.3 Å². The van der Waals surface area contributed by atoms with Gasteiger partial charge in [-0.1, -0.05) is 35.1 Å². The van der Waals surface area contributed by atoms with Gasteiger partial charge >= 0.3 is 5.76 Å². The van der Waals surface area contributed by atoms with Crippen LogP contribution in [0.1, 0.15) is 0 Å². The second-order valence-electron chi connectivity index (χ2n) is 7.19. The zero-order valence-electron chi connectivity index (χ0n) is 17.3. The van der Waals surface area contributed by atoms with Crippen LogP contribution in [0.15, 0.2) is 45.6 Å². The van der Waals surface area contributed by atoms with E-state index < -0.39 is 5.76 Å². The number of halogens is 1. The quantitative estimate of drug-likeness (QED) is 0.420. The maximum atomic E-state index is 13.3. The second kappa shape index (κ2) is 8.70. The van der Waals surface area contributed by atoms with E-state index in [9.17, 15) is 9.59 Å². The van der Waals surface area contributed by atoms with Crippen LogP contribution in [0.4, 0.5) is 5.13 Å². The highest BCUT2D eigenvalue weighted by Gasteiger charge is 2.24. The number of rotatable bonds is 7. The van der Waals surface area contributed by atoms with Gasteiger partial charge in [0.1, 0.15) is 17.8 Å². The van der Waals surface area contributed by atoms with E-state index in [0.717, 1.165) is 4.70 Å². The van der Waals surface area contributed by atoms with Crippen molar-refractivity contribution in [1.82, 2.24) is 14.5 Å². The van der Waals surface area contributed by atoms with E-state index in [4.69, 9.17) is 20.8 Å². The summed E-state index contributed by atoms with van der Waals surface area (Å²) in [5.41, 5.74) is 1.61. The molecule has 0 radical (unpaired) electrons. The van der Waals surface area contributed by atoms with Crippen LogP contribution in [0, 0.1) is 0 Å². The van der Waals surface area contributed by atoms with Gasteiger partial charge in [0.2, 0.25) is 5.91 Å². The molecule has 0 atom stereocenters. The number of ether oxygens (including phenoxy) is 1. The minimum absolute atomic E-state index is 0.163. The minimum atomic E-state index is -0.573. The number of carbonyl (C=O) groups excluding carboxylic acids is 1. The van der Waals surface area contributed by atoms with Crippen LogP contribution >= 0.6 is 22.9 Å². The molecule has 8 nitrogen and oxygen atoms in total. The topological polar surface area (TPSA) is 80.8 Å². The van der Waals surface area contributed by atoms with Gasteiger partial charge in [-0.3, -0.25) is 14.3 Å². The fraction of sp³-hybridized carbons (Fsp3) is 0.286. The molecule has 0 aliphatic carbocycles. The molecule has 0 bridgehead atoms. The van der Waals surface area contributed by atoms with Crippen molar-refractivity contribution in [3.05, 3.63) is 52.0 Å². The number of fused-ring (bicyclic) bond motifs is 2. The molecular weight excluding hydrogens is 440 g/mol. The molecule has 4 aromatic rings. The summed E-state index contributed by atoms with van der Waals surface area (Å²) in [5, 5.41) is 1.03. The lowest BCUT2D eigenvalue weighted by molar-refractivity contribution is -0.119. The van der Waals surface area contributed by atoms with Crippen molar-refractivity contribution in [3.63, 3.8) is 0 Å².